The molecule has 0 aliphatic carbocycles. The van der Waals surface area contributed by atoms with E-state index in [0.29, 0.717) is 18.8 Å². The van der Waals surface area contributed by atoms with Crippen LogP contribution in [0.2, 0.25) is 0 Å². The fraction of sp³-hybridized carbons (Fsp3) is 0.333. The Labute approximate surface area is 154 Å². The molecule has 0 unspecified atom stereocenters. The molecule has 0 aliphatic heterocycles. The number of carbonyl (C=O) groups is 1. The third-order valence-corrected chi connectivity index (χ3v) is 3.81. The number of hydrogen-bond acceptors (Lipinski definition) is 3. The molecule has 0 radical (unpaired) electrons. The van der Waals surface area contributed by atoms with Gasteiger partial charge in [-0.05, 0) is 30.5 Å². The predicted molar refractivity (Wildman–Crippen MR) is 105 cm³/mol. The summed E-state index contributed by atoms with van der Waals surface area (Å²) < 4.78 is 6.86. The van der Waals surface area contributed by atoms with E-state index in [4.69, 9.17) is 4.74 Å². The number of ether oxygens (including phenoxy) is 1. The standard InChI is InChI=1S/C21H26N2O3/c1-2-3-15-26-16-9-13-22-21(25)19(17-18-10-5-4-6-11-18)23-14-8-7-12-20(23)24/h4-8,10-12,14,17H,2-3,9,13,15-16H2,1H3,(H,22,25)/b19-17+. The number of pyridine rings is 1. The summed E-state index contributed by atoms with van der Waals surface area (Å²) in [6.45, 7) is 3.99. The first-order valence-corrected chi connectivity index (χ1v) is 9.03. The van der Waals surface area contributed by atoms with Crippen LogP contribution < -0.4 is 10.9 Å². The number of benzene rings is 1. The van der Waals surface area contributed by atoms with Gasteiger partial charge in [0.1, 0.15) is 5.70 Å². The number of hydrogen-bond donors (Lipinski definition) is 1. The highest BCUT2D eigenvalue weighted by Gasteiger charge is 2.12. The molecule has 2 rings (SSSR count). The minimum Gasteiger partial charge on any atom is -0.381 e. The number of carbonyl (C=O) groups excluding carboxylic acids is 1. The molecular formula is C21H26N2O3. The van der Waals surface area contributed by atoms with Gasteiger partial charge in [-0.15, -0.1) is 0 Å². The molecule has 2 aromatic rings. The van der Waals surface area contributed by atoms with Gasteiger partial charge in [-0.3, -0.25) is 14.2 Å². The molecule has 0 spiro atoms. The van der Waals surface area contributed by atoms with E-state index in [1.165, 1.54) is 10.6 Å². The van der Waals surface area contributed by atoms with Gasteiger partial charge >= 0.3 is 0 Å². The van der Waals surface area contributed by atoms with E-state index < -0.39 is 0 Å². The first-order chi connectivity index (χ1) is 12.7. The van der Waals surface area contributed by atoms with Crippen molar-refractivity contribution in [2.24, 2.45) is 0 Å². The number of aromatic nitrogens is 1. The minimum atomic E-state index is -0.282. The third-order valence-electron chi connectivity index (χ3n) is 3.81. The van der Waals surface area contributed by atoms with Gasteiger partial charge in [0, 0.05) is 32.0 Å². The predicted octanol–water partition coefficient (Wildman–Crippen LogP) is 3.17. The number of rotatable bonds is 10. The lowest BCUT2D eigenvalue weighted by molar-refractivity contribution is -0.116. The molecule has 1 aromatic heterocycles. The van der Waals surface area contributed by atoms with Gasteiger partial charge < -0.3 is 10.1 Å². The number of nitrogens with one attached hydrogen (secondary N) is 1. The smallest absolute Gasteiger partial charge is 0.268 e. The number of unbranched alkanes of at least 4 members (excludes halogenated alkanes) is 1. The third kappa shape index (κ3) is 6.33. The van der Waals surface area contributed by atoms with Gasteiger partial charge in [0.05, 0.1) is 0 Å². The van der Waals surface area contributed by atoms with E-state index >= 15 is 0 Å². The summed E-state index contributed by atoms with van der Waals surface area (Å²) >= 11 is 0. The second kappa shape index (κ2) is 11.1. The van der Waals surface area contributed by atoms with Crippen molar-refractivity contribution in [3.8, 4) is 0 Å². The molecule has 138 valence electrons. The highest BCUT2D eigenvalue weighted by Crippen LogP contribution is 2.10. The van der Waals surface area contributed by atoms with Crippen molar-refractivity contribution in [1.82, 2.24) is 9.88 Å². The summed E-state index contributed by atoms with van der Waals surface area (Å²) in [6, 6.07) is 14.3. The van der Waals surface area contributed by atoms with Gasteiger partial charge in [-0.1, -0.05) is 49.7 Å². The fourth-order valence-electron chi connectivity index (χ4n) is 2.39. The van der Waals surface area contributed by atoms with Gasteiger partial charge in [-0.2, -0.15) is 0 Å². The van der Waals surface area contributed by atoms with Crippen LogP contribution in [0.1, 0.15) is 31.7 Å². The van der Waals surface area contributed by atoms with Crippen LogP contribution in [-0.4, -0.2) is 30.2 Å². The zero-order chi connectivity index (χ0) is 18.6. The molecule has 0 fully saturated rings. The normalized spacial score (nSPS) is 11.3. The minimum absolute atomic E-state index is 0.243. The average molecular weight is 354 g/mol. The average Bonchev–Trinajstić information content (AvgIpc) is 2.67. The van der Waals surface area contributed by atoms with Crippen molar-refractivity contribution < 1.29 is 9.53 Å². The Morgan fingerprint density at radius 3 is 2.54 bits per heavy atom. The molecule has 5 nitrogen and oxygen atoms in total. The van der Waals surface area contributed by atoms with Gasteiger partial charge in [0.25, 0.3) is 11.5 Å². The Balaban J connectivity index is 2.05. The Hall–Kier alpha value is -2.66. The van der Waals surface area contributed by atoms with Crippen molar-refractivity contribution >= 4 is 17.7 Å². The van der Waals surface area contributed by atoms with E-state index in [1.54, 1.807) is 24.4 Å². The van der Waals surface area contributed by atoms with E-state index in [1.807, 2.05) is 30.3 Å². The monoisotopic (exact) mass is 354 g/mol. The summed E-state index contributed by atoms with van der Waals surface area (Å²) in [5.41, 5.74) is 0.915. The molecule has 0 saturated heterocycles. The molecule has 5 heteroatoms. The van der Waals surface area contributed by atoms with Crippen LogP contribution in [0.25, 0.3) is 11.8 Å². The molecule has 0 saturated carbocycles. The number of amides is 1. The van der Waals surface area contributed by atoms with Crippen LogP contribution in [0, 0.1) is 0 Å². The lowest BCUT2D eigenvalue weighted by atomic mass is 10.2. The Morgan fingerprint density at radius 2 is 1.81 bits per heavy atom. The summed E-state index contributed by atoms with van der Waals surface area (Å²) in [5.74, 6) is -0.282. The molecule has 1 aromatic carbocycles. The Kier molecular flexibility index (Phi) is 8.36. The van der Waals surface area contributed by atoms with Crippen molar-refractivity contribution in [1.29, 1.82) is 0 Å². The summed E-state index contributed by atoms with van der Waals surface area (Å²) in [6.07, 6.45) is 6.21. The first kappa shape index (κ1) is 19.7. The van der Waals surface area contributed by atoms with Gasteiger partial charge in [0.15, 0.2) is 0 Å². The highest BCUT2D eigenvalue weighted by atomic mass is 16.5. The maximum atomic E-state index is 12.7. The SMILES string of the molecule is CCCCOCCCNC(=O)/C(=C\c1ccccc1)n1ccccc1=O. The molecule has 0 bridgehead atoms. The Morgan fingerprint density at radius 1 is 1.08 bits per heavy atom. The molecule has 0 atom stereocenters. The van der Waals surface area contributed by atoms with Crippen LogP contribution in [0.15, 0.2) is 59.5 Å². The van der Waals surface area contributed by atoms with Crippen molar-refractivity contribution in [2.75, 3.05) is 19.8 Å². The van der Waals surface area contributed by atoms with Crippen molar-refractivity contribution in [2.45, 2.75) is 26.2 Å². The molecule has 1 heterocycles. The van der Waals surface area contributed by atoms with E-state index in [9.17, 15) is 9.59 Å². The maximum Gasteiger partial charge on any atom is 0.268 e. The highest BCUT2D eigenvalue weighted by molar-refractivity contribution is 6.18. The van der Waals surface area contributed by atoms with Gasteiger partial charge in [0.2, 0.25) is 0 Å². The zero-order valence-electron chi connectivity index (χ0n) is 15.2. The van der Waals surface area contributed by atoms with E-state index in [-0.39, 0.29) is 11.5 Å². The van der Waals surface area contributed by atoms with E-state index in [0.717, 1.165) is 31.4 Å². The lowest BCUT2D eigenvalue weighted by Crippen LogP contribution is -2.31. The van der Waals surface area contributed by atoms with Gasteiger partial charge in [-0.25, -0.2) is 0 Å². The van der Waals surface area contributed by atoms with Crippen molar-refractivity contribution in [3.63, 3.8) is 0 Å². The number of nitrogens with zero attached hydrogens (tertiary/aromatic N) is 1. The molecule has 1 amide bonds. The van der Waals surface area contributed by atoms with Crippen LogP contribution in [-0.2, 0) is 9.53 Å². The van der Waals surface area contributed by atoms with Crippen LogP contribution >= 0.6 is 0 Å². The second-order valence-electron chi connectivity index (χ2n) is 5.92. The Bertz CT molecular complexity index is 766. The molecule has 26 heavy (non-hydrogen) atoms. The van der Waals surface area contributed by atoms with E-state index in [2.05, 4.69) is 12.2 Å². The largest absolute Gasteiger partial charge is 0.381 e. The second-order valence-corrected chi connectivity index (χ2v) is 5.92. The molecular weight excluding hydrogens is 328 g/mol. The molecule has 0 aliphatic rings. The van der Waals surface area contributed by atoms with Crippen molar-refractivity contribution in [3.05, 3.63) is 70.6 Å². The molecule has 1 N–H and O–H groups in total. The van der Waals surface area contributed by atoms with Crippen LogP contribution in [0.4, 0.5) is 0 Å². The topological polar surface area (TPSA) is 60.3 Å². The summed E-state index contributed by atoms with van der Waals surface area (Å²) in [4.78, 5) is 24.8. The fourth-order valence-corrected chi connectivity index (χ4v) is 2.39. The lowest BCUT2D eigenvalue weighted by Gasteiger charge is -2.12. The summed E-state index contributed by atoms with van der Waals surface area (Å²) in [7, 11) is 0. The maximum absolute atomic E-state index is 12.7. The quantitative estimate of drug-likeness (QED) is 0.527. The van der Waals surface area contributed by atoms with Crippen LogP contribution in [0.3, 0.4) is 0 Å². The first-order valence-electron chi connectivity index (χ1n) is 9.03. The van der Waals surface area contributed by atoms with Crippen LogP contribution in [0.5, 0.6) is 0 Å². The summed E-state index contributed by atoms with van der Waals surface area (Å²) in [5, 5.41) is 2.87. The zero-order valence-corrected chi connectivity index (χ0v) is 15.2.